The maximum absolute atomic E-state index is 12.6. The zero-order chi connectivity index (χ0) is 25.4. The standard InChI is InChI=1S/C24H26N4O6S/c1-4-33-23(31)21-14(2)26-24(35)27-22(21)16-7-5-6-8-18(16)34-13-20(30)28-25-12-15-9-10-19(32-3)17(29)11-15/h5-12,22,29H,4,13H2,1-3H3,(H,28,30)(H2,26,27,35)/t22-/m0/s1. The fourth-order valence-corrected chi connectivity index (χ4v) is 3.67. The number of hydrazone groups is 1. The van der Waals surface area contributed by atoms with E-state index in [2.05, 4.69) is 21.2 Å². The largest absolute Gasteiger partial charge is 0.504 e. The number of hydrogen-bond donors (Lipinski definition) is 4. The summed E-state index contributed by atoms with van der Waals surface area (Å²) in [6.45, 7) is 3.37. The first-order chi connectivity index (χ1) is 16.8. The van der Waals surface area contributed by atoms with Gasteiger partial charge in [-0.2, -0.15) is 5.10 Å². The number of carbonyl (C=O) groups is 2. The first kappa shape index (κ1) is 25.5. The number of allylic oxidation sites excluding steroid dienone is 1. The average Bonchev–Trinajstić information content (AvgIpc) is 2.82. The Hall–Kier alpha value is -4.12. The number of benzene rings is 2. The molecule has 2 aromatic rings. The lowest BCUT2D eigenvalue weighted by atomic mass is 9.95. The van der Waals surface area contributed by atoms with E-state index in [1.165, 1.54) is 19.4 Å². The van der Waals surface area contributed by atoms with E-state index < -0.39 is 17.9 Å². The van der Waals surface area contributed by atoms with Gasteiger partial charge in [-0.05, 0) is 55.9 Å². The predicted octanol–water partition coefficient (Wildman–Crippen LogP) is 2.29. The van der Waals surface area contributed by atoms with Gasteiger partial charge >= 0.3 is 5.97 Å². The highest BCUT2D eigenvalue weighted by atomic mass is 32.1. The SMILES string of the molecule is CCOC(=O)C1=C(C)NC(=S)N[C@H]1c1ccccc1OCC(=O)NN=Cc1ccc(OC)c(O)c1. The van der Waals surface area contributed by atoms with E-state index in [4.69, 9.17) is 26.4 Å². The molecule has 11 heteroatoms. The van der Waals surface area contributed by atoms with Gasteiger partial charge in [-0.1, -0.05) is 18.2 Å². The Kier molecular flexibility index (Phi) is 8.63. The number of thiocarbonyl (C=S) groups is 1. The predicted molar refractivity (Wildman–Crippen MR) is 133 cm³/mol. The molecule has 0 bridgehead atoms. The molecule has 0 radical (unpaired) electrons. The molecule has 1 amide bonds. The van der Waals surface area contributed by atoms with Gasteiger partial charge in [0.25, 0.3) is 5.91 Å². The van der Waals surface area contributed by atoms with Crippen molar-refractivity contribution >= 4 is 35.4 Å². The second kappa shape index (κ2) is 11.8. The molecule has 35 heavy (non-hydrogen) atoms. The van der Waals surface area contributed by atoms with Crippen LogP contribution >= 0.6 is 12.2 Å². The maximum atomic E-state index is 12.6. The van der Waals surface area contributed by atoms with Crippen LogP contribution in [0.3, 0.4) is 0 Å². The van der Waals surface area contributed by atoms with Crippen molar-refractivity contribution < 1.29 is 28.9 Å². The summed E-state index contributed by atoms with van der Waals surface area (Å²) in [6, 6.07) is 11.1. The summed E-state index contributed by atoms with van der Waals surface area (Å²) in [4.78, 5) is 24.9. The van der Waals surface area contributed by atoms with Gasteiger partial charge in [-0.3, -0.25) is 4.79 Å². The Morgan fingerprint density at radius 2 is 2.00 bits per heavy atom. The number of nitrogens with one attached hydrogen (secondary N) is 3. The van der Waals surface area contributed by atoms with E-state index >= 15 is 0 Å². The second-order valence-corrected chi connectivity index (χ2v) is 7.75. The third-order valence-electron chi connectivity index (χ3n) is 4.96. The number of aromatic hydroxyl groups is 1. The van der Waals surface area contributed by atoms with Gasteiger partial charge in [-0.15, -0.1) is 0 Å². The molecular formula is C24H26N4O6S. The molecular weight excluding hydrogens is 472 g/mol. The Bertz CT molecular complexity index is 1180. The third-order valence-corrected chi connectivity index (χ3v) is 5.18. The first-order valence-electron chi connectivity index (χ1n) is 10.7. The highest BCUT2D eigenvalue weighted by molar-refractivity contribution is 7.80. The topological polar surface area (TPSA) is 131 Å². The number of amides is 1. The van der Waals surface area contributed by atoms with Gasteiger partial charge in [0.1, 0.15) is 5.75 Å². The molecule has 4 N–H and O–H groups in total. The molecule has 1 aliphatic heterocycles. The van der Waals surface area contributed by atoms with Crippen LogP contribution in [-0.2, 0) is 14.3 Å². The zero-order valence-corrected chi connectivity index (χ0v) is 20.3. The van der Waals surface area contributed by atoms with Crippen molar-refractivity contribution in [2.45, 2.75) is 19.9 Å². The fraction of sp³-hybridized carbons (Fsp3) is 0.250. The fourth-order valence-electron chi connectivity index (χ4n) is 3.40. The van der Waals surface area contributed by atoms with Crippen molar-refractivity contribution in [3.8, 4) is 17.2 Å². The summed E-state index contributed by atoms with van der Waals surface area (Å²) in [5.74, 6) is -0.300. The summed E-state index contributed by atoms with van der Waals surface area (Å²) in [6.07, 6.45) is 1.38. The lowest BCUT2D eigenvalue weighted by Crippen LogP contribution is -2.45. The van der Waals surface area contributed by atoms with Crippen LogP contribution in [0.4, 0.5) is 0 Å². The van der Waals surface area contributed by atoms with Crippen LogP contribution in [0, 0.1) is 0 Å². The molecule has 0 unspecified atom stereocenters. The molecule has 0 aliphatic carbocycles. The third kappa shape index (κ3) is 6.48. The molecule has 1 atom stereocenters. The summed E-state index contributed by atoms with van der Waals surface area (Å²) in [7, 11) is 1.45. The highest BCUT2D eigenvalue weighted by Gasteiger charge is 2.32. The molecule has 184 valence electrons. The van der Waals surface area contributed by atoms with E-state index in [1.807, 2.05) is 0 Å². The number of methoxy groups -OCH3 is 1. The number of esters is 1. The number of carbonyl (C=O) groups excluding carboxylic acids is 2. The van der Waals surface area contributed by atoms with Crippen LogP contribution in [0.2, 0.25) is 0 Å². The molecule has 1 aliphatic rings. The van der Waals surface area contributed by atoms with Gasteiger partial charge in [0.2, 0.25) is 0 Å². The molecule has 2 aromatic carbocycles. The Labute approximate surface area is 208 Å². The summed E-state index contributed by atoms with van der Waals surface area (Å²) >= 11 is 5.27. The second-order valence-electron chi connectivity index (χ2n) is 7.34. The van der Waals surface area contributed by atoms with E-state index in [9.17, 15) is 14.7 Å². The lowest BCUT2D eigenvalue weighted by molar-refractivity contribution is -0.139. The summed E-state index contributed by atoms with van der Waals surface area (Å²) < 4.78 is 15.9. The lowest BCUT2D eigenvalue weighted by Gasteiger charge is -2.30. The van der Waals surface area contributed by atoms with Crippen LogP contribution in [0.5, 0.6) is 17.2 Å². The van der Waals surface area contributed by atoms with Gasteiger partial charge < -0.3 is 30.0 Å². The number of rotatable bonds is 9. The van der Waals surface area contributed by atoms with Crippen LogP contribution in [0.25, 0.3) is 0 Å². The molecule has 3 rings (SSSR count). The molecule has 0 spiro atoms. The average molecular weight is 499 g/mol. The molecule has 0 aromatic heterocycles. The maximum Gasteiger partial charge on any atom is 0.338 e. The van der Waals surface area contributed by atoms with Crippen LogP contribution in [0.1, 0.15) is 31.0 Å². The minimum Gasteiger partial charge on any atom is -0.504 e. The van der Waals surface area contributed by atoms with Crippen molar-refractivity contribution in [2.75, 3.05) is 20.3 Å². The summed E-state index contributed by atoms with van der Waals surface area (Å²) in [5.41, 5.74) is 4.49. The molecule has 0 saturated carbocycles. The number of ether oxygens (including phenoxy) is 3. The van der Waals surface area contributed by atoms with Crippen LogP contribution in [0.15, 0.2) is 58.8 Å². The molecule has 0 saturated heterocycles. The van der Waals surface area contributed by atoms with Gasteiger partial charge in [0.05, 0.1) is 31.5 Å². The molecule has 0 fully saturated rings. The molecule has 1 heterocycles. The van der Waals surface area contributed by atoms with Crippen molar-refractivity contribution in [1.29, 1.82) is 0 Å². The Morgan fingerprint density at radius 3 is 2.71 bits per heavy atom. The number of nitrogens with zero attached hydrogens (tertiary/aromatic N) is 1. The van der Waals surface area contributed by atoms with E-state index in [0.717, 1.165) is 0 Å². The van der Waals surface area contributed by atoms with Crippen molar-refractivity contribution in [3.63, 3.8) is 0 Å². The minimum atomic E-state index is -0.622. The Morgan fingerprint density at radius 1 is 1.23 bits per heavy atom. The van der Waals surface area contributed by atoms with Gasteiger partial charge in [0.15, 0.2) is 23.2 Å². The first-order valence-corrected chi connectivity index (χ1v) is 11.1. The minimum absolute atomic E-state index is 0.0415. The number of phenols is 1. The number of phenolic OH excluding ortho intramolecular Hbond substituents is 1. The van der Waals surface area contributed by atoms with Crippen LogP contribution < -0.4 is 25.5 Å². The Balaban J connectivity index is 1.69. The highest BCUT2D eigenvalue weighted by Crippen LogP contribution is 2.33. The number of hydrogen-bond acceptors (Lipinski definition) is 8. The van der Waals surface area contributed by atoms with E-state index in [0.29, 0.717) is 39.0 Å². The monoisotopic (exact) mass is 498 g/mol. The van der Waals surface area contributed by atoms with Gasteiger partial charge in [-0.25, -0.2) is 10.2 Å². The number of para-hydroxylation sites is 1. The zero-order valence-electron chi connectivity index (χ0n) is 19.5. The van der Waals surface area contributed by atoms with E-state index in [-0.39, 0.29) is 19.0 Å². The van der Waals surface area contributed by atoms with Gasteiger partial charge in [0, 0.05) is 11.3 Å². The van der Waals surface area contributed by atoms with Crippen molar-refractivity contribution in [3.05, 3.63) is 64.9 Å². The smallest absolute Gasteiger partial charge is 0.338 e. The molecule has 10 nitrogen and oxygen atoms in total. The normalized spacial score (nSPS) is 15.3. The quantitative estimate of drug-likeness (QED) is 0.178. The van der Waals surface area contributed by atoms with Crippen molar-refractivity contribution in [1.82, 2.24) is 16.1 Å². The van der Waals surface area contributed by atoms with Crippen LogP contribution in [-0.4, -0.2) is 48.6 Å². The van der Waals surface area contributed by atoms with Crippen molar-refractivity contribution in [2.24, 2.45) is 5.10 Å². The summed E-state index contributed by atoms with van der Waals surface area (Å²) in [5, 5.41) is 20.1. The van der Waals surface area contributed by atoms with E-state index in [1.54, 1.807) is 50.2 Å².